The molecule has 2 aliphatic rings. The molecule has 1 N–H and O–H groups in total. The van der Waals surface area contributed by atoms with Crippen molar-refractivity contribution >= 4 is 0 Å². The molecule has 3 atom stereocenters. The number of hydrogen-bond acceptors (Lipinski definition) is 1. The SMILES string of the molecule is CC1=CC(C)C2(CCCC2O)CC1. The zero-order chi connectivity index (χ0) is 9.47. The summed E-state index contributed by atoms with van der Waals surface area (Å²) in [6.45, 7) is 4.49. The van der Waals surface area contributed by atoms with Crippen LogP contribution in [0.2, 0.25) is 0 Å². The second kappa shape index (κ2) is 3.13. The minimum absolute atomic E-state index is 0.0353. The lowest BCUT2D eigenvalue weighted by molar-refractivity contribution is 0.0140. The van der Waals surface area contributed by atoms with Crippen LogP contribution >= 0.6 is 0 Å². The minimum atomic E-state index is -0.0353. The molecule has 3 unspecified atom stereocenters. The van der Waals surface area contributed by atoms with E-state index in [0.717, 1.165) is 6.42 Å². The molecule has 2 aliphatic carbocycles. The topological polar surface area (TPSA) is 20.2 Å². The maximum absolute atomic E-state index is 10.0. The number of hydrogen-bond donors (Lipinski definition) is 1. The Morgan fingerprint density at radius 1 is 1.46 bits per heavy atom. The molecule has 0 radical (unpaired) electrons. The van der Waals surface area contributed by atoms with E-state index in [4.69, 9.17) is 0 Å². The predicted molar refractivity (Wildman–Crippen MR) is 54.4 cm³/mol. The van der Waals surface area contributed by atoms with Crippen LogP contribution in [-0.2, 0) is 0 Å². The largest absolute Gasteiger partial charge is 0.393 e. The molecule has 2 rings (SSSR count). The van der Waals surface area contributed by atoms with Crippen molar-refractivity contribution in [2.24, 2.45) is 11.3 Å². The molecule has 1 spiro atoms. The second-order valence-electron chi connectivity index (χ2n) is 4.94. The van der Waals surface area contributed by atoms with Gasteiger partial charge in [-0.25, -0.2) is 0 Å². The molecule has 1 nitrogen and oxygen atoms in total. The lowest BCUT2D eigenvalue weighted by Crippen LogP contribution is -2.37. The van der Waals surface area contributed by atoms with Gasteiger partial charge in [-0.05, 0) is 38.5 Å². The van der Waals surface area contributed by atoms with E-state index in [9.17, 15) is 5.11 Å². The molecule has 1 heteroatoms. The van der Waals surface area contributed by atoms with Crippen LogP contribution in [0.15, 0.2) is 11.6 Å². The average Bonchev–Trinajstić information content (AvgIpc) is 2.43. The summed E-state index contributed by atoms with van der Waals surface area (Å²) < 4.78 is 0. The van der Waals surface area contributed by atoms with Crippen molar-refractivity contribution in [1.82, 2.24) is 0 Å². The van der Waals surface area contributed by atoms with Crippen molar-refractivity contribution < 1.29 is 5.11 Å². The third kappa shape index (κ3) is 1.34. The zero-order valence-electron chi connectivity index (χ0n) is 8.71. The van der Waals surface area contributed by atoms with Gasteiger partial charge in [0.15, 0.2) is 0 Å². The van der Waals surface area contributed by atoms with Gasteiger partial charge in [-0.1, -0.05) is 25.0 Å². The molecule has 1 saturated carbocycles. The normalized spacial score (nSPS) is 45.3. The summed E-state index contributed by atoms with van der Waals surface area (Å²) in [5, 5.41) is 10.0. The Kier molecular flexibility index (Phi) is 2.23. The number of allylic oxidation sites excluding steroid dienone is 2. The van der Waals surface area contributed by atoms with Crippen LogP contribution in [0, 0.1) is 11.3 Å². The third-order valence-corrected chi connectivity index (χ3v) is 4.21. The van der Waals surface area contributed by atoms with Crippen molar-refractivity contribution in [3.8, 4) is 0 Å². The smallest absolute Gasteiger partial charge is 0.0602 e. The first kappa shape index (κ1) is 9.26. The first-order valence-corrected chi connectivity index (χ1v) is 5.50. The van der Waals surface area contributed by atoms with E-state index in [1.807, 2.05) is 0 Å². The highest BCUT2D eigenvalue weighted by atomic mass is 16.3. The first-order valence-electron chi connectivity index (χ1n) is 5.50. The Morgan fingerprint density at radius 2 is 2.23 bits per heavy atom. The highest BCUT2D eigenvalue weighted by molar-refractivity contribution is 5.13. The molecule has 0 aromatic carbocycles. The summed E-state index contributed by atoms with van der Waals surface area (Å²) >= 11 is 0. The molecule has 0 aliphatic heterocycles. The van der Waals surface area contributed by atoms with E-state index >= 15 is 0 Å². The number of aliphatic hydroxyl groups excluding tert-OH is 1. The minimum Gasteiger partial charge on any atom is -0.393 e. The Labute approximate surface area is 80.8 Å². The zero-order valence-corrected chi connectivity index (χ0v) is 8.71. The van der Waals surface area contributed by atoms with E-state index in [0.29, 0.717) is 5.92 Å². The maximum atomic E-state index is 10.0. The van der Waals surface area contributed by atoms with Crippen LogP contribution in [0.4, 0.5) is 0 Å². The highest BCUT2D eigenvalue weighted by Gasteiger charge is 2.46. The third-order valence-electron chi connectivity index (χ3n) is 4.21. The van der Waals surface area contributed by atoms with E-state index in [1.165, 1.54) is 31.3 Å². The van der Waals surface area contributed by atoms with Gasteiger partial charge in [0.2, 0.25) is 0 Å². The molecular weight excluding hydrogens is 160 g/mol. The predicted octanol–water partition coefficient (Wildman–Crippen LogP) is 2.89. The van der Waals surface area contributed by atoms with Crippen LogP contribution in [0.1, 0.15) is 46.0 Å². The van der Waals surface area contributed by atoms with Crippen LogP contribution < -0.4 is 0 Å². The van der Waals surface area contributed by atoms with Crippen molar-refractivity contribution in [2.75, 3.05) is 0 Å². The van der Waals surface area contributed by atoms with Gasteiger partial charge in [0.05, 0.1) is 6.10 Å². The van der Waals surface area contributed by atoms with Crippen molar-refractivity contribution in [1.29, 1.82) is 0 Å². The van der Waals surface area contributed by atoms with Gasteiger partial charge in [-0.2, -0.15) is 0 Å². The fourth-order valence-electron chi connectivity index (χ4n) is 3.23. The summed E-state index contributed by atoms with van der Waals surface area (Å²) in [5.74, 6) is 0.582. The standard InChI is InChI=1S/C12H20O/c1-9-5-7-12(10(2)8-9)6-3-4-11(12)13/h8,10-11,13H,3-7H2,1-2H3. The van der Waals surface area contributed by atoms with Gasteiger partial charge >= 0.3 is 0 Å². The first-order chi connectivity index (χ1) is 6.15. The second-order valence-corrected chi connectivity index (χ2v) is 4.94. The van der Waals surface area contributed by atoms with Crippen molar-refractivity contribution in [3.05, 3.63) is 11.6 Å². The van der Waals surface area contributed by atoms with Gasteiger partial charge in [0, 0.05) is 5.41 Å². The molecule has 0 bridgehead atoms. The van der Waals surface area contributed by atoms with Gasteiger partial charge in [0.25, 0.3) is 0 Å². The molecule has 1 fully saturated rings. The summed E-state index contributed by atoms with van der Waals surface area (Å²) in [6, 6.07) is 0. The summed E-state index contributed by atoms with van der Waals surface area (Å²) in [7, 11) is 0. The number of aliphatic hydroxyl groups is 1. The molecule has 0 aromatic rings. The summed E-state index contributed by atoms with van der Waals surface area (Å²) in [4.78, 5) is 0. The molecular formula is C12H20O. The fourth-order valence-corrected chi connectivity index (χ4v) is 3.23. The maximum Gasteiger partial charge on any atom is 0.0602 e. The van der Waals surface area contributed by atoms with Gasteiger partial charge in [0.1, 0.15) is 0 Å². The Bertz CT molecular complexity index is 231. The quantitative estimate of drug-likeness (QED) is 0.568. The van der Waals surface area contributed by atoms with Crippen LogP contribution in [0.3, 0.4) is 0 Å². The van der Waals surface area contributed by atoms with Gasteiger partial charge < -0.3 is 5.11 Å². The van der Waals surface area contributed by atoms with Crippen LogP contribution in [0.5, 0.6) is 0 Å². The average molecular weight is 180 g/mol. The number of rotatable bonds is 0. The molecule has 0 aromatic heterocycles. The monoisotopic (exact) mass is 180 g/mol. The Balaban J connectivity index is 2.24. The van der Waals surface area contributed by atoms with Crippen molar-refractivity contribution in [3.63, 3.8) is 0 Å². The van der Waals surface area contributed by atoms with Crippen LogP contribution in [-0.4, -0.2) is 11.2 Å². The Morgan fingerprint density at radius 3 is 2.77 bits per heavy atom. The van der Waals surface area contributed by atoms with Gasteiger partial charge in [-0.3, -0.25) is 0 Å². The molecule has 13 heavy (non-hydrogen) atoms. The van der Waals surface area contributed by atoms with E-state index in [2.05, 4.69) is 19.9 Å². The van der Waals surface area contributed by atoms with E-state index in [-0.39, 0.29) is 11.5 Å². The molecule has 0 saturated heterocycles. The highest BCUT2D eigenvalue weighted by Crippen LogP contribution is 2.51. The van der Waals surface area contributed by atoms with Gasteiger partial charge in [-0.15, -0.1) is 0 Å². The molecule has 74 valence electrons. The molecule has 0 heterocycles. The van der Waals surface area contributed by atoms with E-state index in [1.54, 1.807) is 0 Å². The summed E-state index contributed by atoms with van der Waals surface area (Å²) in [5.41, 5.74) is 1.76. The van der Waals surface area contributed by atoms with Crippen molar-refractivity contribution in [2.45, 2.75) is 52.1 Å². The fraction of sp³-hybridized carbons (Fsp3) is 0.833. The van der Waals surface area contributed by atoms with E-state index < -0.39 is 0 Å². The Hall–Kier alpha value is -0.300. The van der Waals surface area contributed by atoms with Crippen LogP contribution in [0.25, 0.3) is 0 Å². The summed E-state index contributed by atoms with van der Waals surface area (Å²) in [6.07, 6.45) is 8.22. The lowest BCUT2D eigenvalue weighted by Gasteiger charge is -2.40. The molecule has 0 amide bonds. The lowest BCUT2D eigenvalue weighted by atomic mass is 9.66.